The Morgan fingerprint density at radius 1 is 0.875 bits per heavy atom. The van der Waals surface area contributed by atoms with Gasteiger partial charge in [0.05, 0.1) is 6.04 Å². The molecule has 4 unspecified atom stereocenters. The van der Waals surface area contributed by atoms with Crippen molar-refractivity contribution in [3.05, 3.63) is 35.9 Å². The molecule has 0 saturated heterocycles. The lowest BCUT2D eigenvalue weighted by Crippen LogP contribution is -2.57. The quantitative estimate of drug-likeness (QED) is 0.0533. The molecule has 0 radical (unpaired) electrons. The lowest BCUT2D eigenvalue weighted by Gasteiger charge is -2.25. The van der Waals surface area contributed by atoms with Crippen LogP contribution in [0, 0.1) is 0 Å². The summed E-state index contributed by atoms with van der Waals surface area (Å²) in [5, 5.41) is 17.6. The number of amides is 3. The monoisotopic (exact) mass is 580 g/mol. The molecule has 1 aromatic carbocycles. The van der Waals surface area contributed by atoms with Crippen molar-refractivity contribution in [3.8, 4) is 0 Å². The molecule has 1 rings (SSSR count). The molecule has 4 atom stereocenters. The van der Waals surface area contributed by atoms with Crippen LogP contribution >= 0.6 is 11.8 Å². The molecule has 0 aliphatic carbocycles. The number of nitrogens with one attached hydrogen (secondary N) is 3. The van der Waals surface area contributed by atoms with Crippen molar-refractivity contribution in [1.29, 1.82) is 0 Å². The molecule has 224 valence electrons. The minimum Gasteiger partial charge on any atom is -0.480 e. The van der Waals surface area contributed by atoms with E-state index in [1.165, 1.54) is 0 Å². The average molecular weight is 581 g/mol. The Hall–Kier alpha value is -3.36. The Morgan fingerprint density at radius 2 is 1.45 bits per heavy atom. The van der Waals surface area contributed by atoms with Crippen LogP contribution in [0.5, 0.6) is 0 Å². The number of hydrogen-bond donors (Lipinski definition) is 8. The van der Waals surface area contributed by atoms with Gasteiger partial charge in [-0.15, -0.1) is 0 Å². The van der Waals surface area contributed by atoms with Crippen molar-refractivity contribution in [1.82, 2.24) is 16.0 Å². The first-order valence-electron chi connectivity index (χ1n) is 13.3. The van der Waals surface area contributed by atoms with Crippen molar-refractivity contribution in [2.45, 2.75) is 69.1 Å². The van der Waals surface area contributed by atoms with Gasteiger partial charge in [-0.1, -0.05) is 30.3 Å². The predicted molar refractivity (Wildman–Crippen MR) is 157 cm³/mol. The fraction of sp³-hybridized carbons (Fsp3) is 0.577. The van der Waals surface area contributed by atoms with Gasteiger partial charge in [0.1, 0.15) is 18.1 Å². The number of nitrogens with two attached hydrogens (primary N) is 4. The van der Waals surface area contributed by atoms with Gasteiger partial charge in [0.25, 0.3) is 0 Å². The van der Waals surface area contributed by atoms with E-state index in [0.29, 0.717) is 38.0 Å². The van der Waals surface area contributed by atoms with Crippen molar-refractivity contribution in [2.75, 3.05) is 25.1 Å². The zero-order chi connectivity index (χ0) is 29.9. The largest absolute Gasteiger partial charge is 0.480 e. The van der Waals surface area contributed by atoms with Crippen LogP contribution in [0.25, 0.3) is 0 Å². The lowest BCUT2D eigenvalue weighted by atomic mass is 10.0. The highest BCUT2D eigenvalue weighted by atomic mass is 32.2. The number of carbonyl (C=O) groups is 4. The van der Waals surface area contributed by atoms with Gasteiger partial charge in [-0.05, 0) is 62.6 Å². The first-order chi connectivity index (χ1) is 19.1. The number of carboxylic acid groups (broad SMARTS) is 1. The number of carbonyl (C=O) groups excluding carboxylic acids is 3. The third-order valence-corrected chi connectivity index (χ3v) is 6.67. The minimum atomic E-state index is -1.22. The van der Waals surface area contributed by atoms with Gasteiger partial charge in [0, 0.05) is 13.0 Å². The highest BCUT2D eigenvalue weighted by Gasteiger charge is 2.30. The van der Waals surface area contributed by atoms with Crippen LogP contribution in [0.2, 0.25) is 0 Å². The molecule has 0 aliphatic rings. The fourth-order valence-corrected chi connectivity index (χ4v) is 4.27. The summed E-state index contributed by atoms with van der Waals surface area (Å²) >= 11 is 1.55. The number of thioether (sulfide) groups is 1. The smallest absolute Gasteiger partial charge is 0.326 e. The zero-order valence-corrected chi connectivity index (χ0v) is 23.8. The number of carboxylic acids is 1. The molecule has 0 spiro atoms. The van der Waals surface area contributed by atoms with E-state index in [1.54, 1.807) is 42.1 Å². The summed E-state index contributed by atoms with van der Waals surface area (Å²) in [5.41, 5.74) is 23.0. The molecule has 13 nitrogen and oxygen atoms in total. The highest BCUT2D eigenvalue weighted by Crippen LogP contribution is 2.08. The third kappa shape index (κ3) is 14.1. The van der Waals surface area contributed by atoms with E-state index in [0.717, 1.165) is 5.56 Å². The van der Waals surface area contributed by atoms with Crippen LogP contribution in [0.15, 0.2) is 35.3 Å². The van der Waals surface area contributed by atoms with Crippen molar-refractivity contribution in [2.24, 2.45) is 27.9 Å². The molecular weight excluding hydrogens is 536 g/mol. The Bertz CT molecular complexity index is 962. The number of aliphatic imine (C=N–C) groups is 1. The molecule has 40 heavy (non-hydrogen) atoms. The molecule has 3 amide bonds. The van der Waals surface area contributed by atoms with Gasteiger partial charge in [-0.2, -0.15) is 11.8 Å². The maximum atomic E-state index is 13.3. The number of unbranched alkanes of at least 4 members (excludes halogenated alkanes) is 1. The molecule has 12 N–H and O–H groups in total. The van der Waals surface area contributed by atoms with E-state index >= 15 is 0 Å². The number of hydrogen-bond acceptors (Lipinski definition) is 8. The van der Waals surface area contributed by atoms with Crippen molar-refractivity contribution < 1.29 is 24.3 Å². The van der Waals surface area contributed by atoms with E-state index in [2.05, 4.69) is 20.9 Å². The van der Waals surface area contributed by atoms with E-state index in [1.807, 2.05) is 6.26 Å². The highest BCUT2D eigenvalue weighted by molar-refractivity contribution is 7.98. The molecule has 0 saturated carbocycles. The average Bonchev–Trinajstić information content (AvgIpc) is 2.92. The van der Waals surface area contributed by atoms with E-state index in [9.17, 15) is 24.3 Å². The number of nitrogens with zero attached hydrogens (tertiary/aromatic N) is 1. The van der Waals surface area contributed by atoms with E-state index < -0.39 is 47.9 Å². The topological polar surface area (TPSA) is 241 Å². The van der Waals surface area contributed by atoms with Crippen LogP contribution in [0.3, 0.4) is 0 Å². The first kappa shape index (κ1) is 34.7. The predicted octanol–water partition coefficient (Wildman–Crippen LogP) is -0.969. The fourth-order valence-electron chi connectivity index (χ4n) is 3.78. The van der Waals surface area contributed by atoms with Crippen LogP contribution in [0.1, 0.15) is 44.1 Å². The molecular formula is C26H44N8O5S. The van der Waals surface area contributed by atoms with Gasteiger partial charge in [0.2, 0.25) is 17.7 Å². The Labute approximate surface area is 239 Å². The summed E-state index contributed by atoms with van der Waals surface area (Å²) in [7, 11) is 0. The second-order valence-electron chi connectivity index (χ2n) is 9.33. The molecule has 0 bridgehead atoms. The molecule has 14 heteroatoms. The van der Waals surface area contributed by atoms with Gasteiger partial charge >= 0.3 is 5.97 Å². The first-order valence-corrected chi connectivity index (χ1v) is 14.7. The van der Waals surface area contributed by atoms with Crippen LogP contribution in [-0.2, 0) is 25.6 Å². The summed E-state index contributed by atoms with van der Waals surface area (Å²) in [4.78, 5) is 55.0. The Kier molecular flexibility index (Phi) is 17.0. The number of benzene rings is 1. The summed E-state index contributed by atoms with van der Waals surface area (Å²) in [5.74, 6) is -2.37. The molecule has 1 aromatic rings. The second kappa shape index (κ2) is 19.7. The summed E-state index contributed by atoms with van der Waals surface area (Å²) in [6.07, 6.45) is 4.35. The number of aliphatic carboxylic acids is 1. The third-order valence-electron chi connectivity index (χ3n) is 6.03. The van der Waals surface area contributed by atoms with Crippen LogP contribution in [-0.4, -0.2) is 84.0 Å². The van der Waals surface area contributed by atoms with Crippen molar-refractivity contribution >= 4 is 41.4 Å². The van der Waals surface area contributed by atoms with Crippen LogP contribution < -0.4 is 38.9 Å². The second-order valence-corrected chi connectivity index (χ2v) is 10.3. The summed E-state index contributed by atoms with van der Waals surface area (Å²) in [6, 6.07) is 4.81. The van der Waals surface area contributed by atoms with Crippen molar-refractivity contribution in [3.63, 3.8) is 0 Å². The van der Waals surface area contributed by atoms with Gasteiger partial charge in [-0.3, -0.25) is 19.4 Å². The number of guanidine groups is 1. The maximum Gasteiger partial charge on any atom is 0.326 e. The molecule has 0 heterocycles. The van der Waals surface area contributed by atoms with E-state index in [4.69, 9.17) is 22.9 Å². The Balaban J connectivity index is 3.05. The normalized spacial score (nSPS) is 13.8. The number of rotatable bonds is 20. The van der Waals surface area contributed by atoms with E-state index in [-0.39, 0.29) is 31.8 Å². The summed E-state index contributed by atoms with van der Waals surface area (Å²) < 4.78 is 0. The van der Waals surface area contributed by atoms with Crippen LogP contribution in [0.4, 0.5) is 0 Å². The SMILES string of the molecule is CSCCC(N)C(=O)NC(CCCCN)C(=O)NC(CCCN=C(N)N)C(=O)NC(Cc1ccccc1)C(=O)O. The molecule has 0 aliphatic heterocycles. The maximum absolute atomic E-state index is 13.3. The summed E-state index contributed by atoms with van der Waals surface area (Å²) in [6.45, 7) is 0.624. The Morgan fingerprint density at radius 3 is 2.00 bits per heavy atom. The van der Waals surface area contributed by atoms with Gasteiger partial charge < -0.3 is 44.0 Å². The minimum absolute atomic E-state index is 0.0578. The molecule has 0 aromatic heterocycles. The van der Waals surface area contributed by atoms with Gasteiger partial charge in [-0.25, -0.2) is 4.79 Å². The van der Waals surface area contributed by atoms with Gasteiger partial charge in [0.15, 0.2) is 5.96 Å². The standard InChI is InChI=1S/C26H44N8O5S/c1-40-15-12-18(28)22(35)32-19(10-5-6-13-27)23(36)33-20(11-7-14-31-26(29)30)24(37)34-21(25(38)39)16-17-8-3-2-4-9-17/h2-4,8-9,18-21H,5-7,10-16,27-28H2,1H3,(H,32,35)(H,33,36)(H,34,37)(H,38,39)(H4,29,30,31). The zero-order valence-electron chi connectivity index (χ0n) is 23.0. The molecule has 0 fully saturated rings. The lowest BCUT2D eigenvalue weighted by molar-refractivity contribution is -0.142.